The second-order valence-corrected chi connectivity index (χ2v) is 10.9. The molecule has 0 aliphatic heterocycles. The van der Waals surface area contributed by atoms with Crippen molar-refractivity contribution in [3.63, 3.8) is 0 Å². The van der Waals surface area contributed by atoms with Gasteiger partial charge in [-0.2, -0.15) is 0 Å². The van der Waals surface area contributed by atoms with Gasteiger partial charge in [-0.25, -0.2) is 8.42 Å². The number of carbonyl (C=O) groups excluding carboxylic acids is 2. The molecule has 0 saturated heterocycles. The zero-order valence-electron chi connectivity index (χ0n) is 20.1. The zero-order chi connectivity index (χ0) is 26.5. The van der Waals surface area contributed by atoms with Crippen LogP contribution in [0.25, 0.3) is 0 Å². The average Bonchev–Trinajstić information content (AvgIpc) is 2.85. The van der Waals surface area contributed by atoms with Gasteiger partial charge in [0.2, 0.25) is 11.8 Å². The van der Waals surface area contributed by atoms with E-state index in [2.05, 4.69) is 5.32 Å². The molecule has 36 heavy (non-hydrogen) atoms. The third kappa shape index (κ3) is 6.37. The number of nitrogens with zero attached hydrogens (tertiary/aromatic N) is 2. The highest BCUT2D eigenvalue weighted by Crippen LogP contribution is 2.30. The lowest BCUT2D eigenvalue weighted by Crippen LogP contribution is -2.50. The molecule has 0 aliphatic carbocycles. The summed E-state index contributed by atoms with van der Waals surface area (Å²) in [5, 5.41) is 2.99. The SMILES string of the molecule is CNC(=O)[C@H](C)N(Cc1ccccc1C)C(=O)CN(c1cc(Cl)cc(Cl)c1)S(=O)(=O)c1ccccc1. The first-order valence-corrected chi connectivity index (χ1v) is 13.3. The molecule has 1 atom stereocenters. The molecule has 2 amide bonds. The van der Waals surface area contributed by atoms with E-state index in [1.165, 1.54) is 42.3 Å². The van der Waals surface area contributed by atoms with E-state index in [0.717, 1.165) is 15.4 Å². The fourth-order valence-corrected chi connectivity index (χ4v) is 5.63. The fraction of sp³-hybridized carbons (Fsp3) is 0.231. The molecule has 3 aromatic carbocycles. The van der Waals surface area contributed by atoms with E-state index in [-0.39, 0.29) is 33.1 Å². The van der Waals surface area contributed by atoms with Crippen LogP contribution in [0.5, 0.6) is 0 Å². The van der Waals surface area contributed by atoms with Crippen molar-refractivity contribution in [2.45, 2.75) is 31.3 Å². The molecule has 7 nitrogen and oxygen atoms in total. The molecule has 1 N–H and O–H groups in total. The van der Waals surface area contributed by atoms with Gasteiger partial charge in [-0.1, -0.05) is 65.7 Å². The summed E-state index contributed by atoms with van der Waals surface area (Å²) >= 11 is 12.3. The number of hydrogen-bond acceptors (Lipinski definition) is 4. The minimum absolute atomic E-state index is 0.00120. The number of likely N-dealkylation sites (N-methyl/N-ethyl adjacent to an activating group) is 1. The van der Waals surface area contributed by atoms with E-state index in [1.54, 1.807) is 25.1 Å². The van der Waals surface area contributed by atoms with Crippen LogP contribution >= 0.6 is 23.2 Å². The summed E-state index contributed by atoms with van der Waals surface area (Å²) in [6.45, 7) is 3.06. The number of benzene rings is 3. The van der Waals surface area contributed by atoms with Crippen LogP contribution in [0, 0.1) is 6.92 Å². The van der Waals surface area contributed by atoms with Crippen LogP contribution in [0.3, 0.4) is 0 Å². The molecule has 0 aromatic heterocycles. The molecule has 0 spiro atoms. The van der Waals surface area contributed by atoms with Crippen LogP contribution in [0.1, 0.15) is 18.1 Å². The lowest BCUT2D eigenvalue weighted by molar-refractivity contribution is -0.139. The molecular formula is C26H27Cl2N3O4S. The van der Waals surface area contributed by atoms with E-state index in [9.17, 15) is 18.0 Å². The van der Waals surface area contributed by atoms with Crippen molar-refractivity contribution in [3.8, 4) is 0 Å². The van der Waals surface area contributed by atoms with Gasteiger partial charge in [0.15, 0.2) is 0 Å². The standard InChI is InChI=1S/C26H27Cl2N3O4S/c1-18-9-7-8-10-20(18)16-30(19(2)26(33)29-3)25(32)17-31(23-14-21(27)13-22(28)15-23)36(34,35)24-11-5-4-6-12-24/h4-15,19H,16-17H2,1-3H3,(H,29,33)/t19-/m0/s1. The van der Waals surface area contributed by atoms with E-state index < -0.39 is 28.5 Å². The second kappa shape index (κ2) is 11.8. The average molecular weight is 548 g/mol. The summed E-state index contributed by atoms with van der Waals surface area (Å²) in [5.74, 6) is -0.940. The Hall–Kier alpha value is -3.07. The number of sulfonamides is 1. The summed E-state index contributed by atoms with van der Waals surface area (Å²) in [6.07, 6.45) is 0. The summed E-state index contributed by atoms with van der Waals surface area (Å²) in [5.41, 5.74) is 1.91. The monoisotopic (exact) mass is 547 g/mol. The first-order valence-electron chi connectivity index (χ1n) is 11.1. The van der Waals surface area contributed by atoms with Crippen LogP contribution in [-0.2, 0) is 26.2 Å². The number of nitrogens with one attached hydrogen (secondary N) is 1. The molecule has 0 aliphatic rings. The van der Waals surface area contributed by atoms with Crippen LogP contribution in [0.2, 0.25) is 10.0 Å². The molecule has 0 saturated carbocycles. The lowest BCUT2D eigenvalue weighted by Gasteiger charge is -2.32. The van der Waals surface area contributed by atoms with Crippen LogP contribution in [0.4, 0.5) is 5.69 Å². The van der Waals surface area contributed by atoms with Gasteiger partial charge in [-0.3, -0.25) is 13.9 Å². The number of amides is 2. The first kappa shape index (κ1) is 27.5. The van der Waals surface area contributed by atoms with E-state index in [1.807, 2.05) is 31.2 Å². The smallest absolute Gasteiger partial charge is 0.264 e. The van der Waals surface area contributed by atoms with Gasteiger partial charge < -0.3 is 10.2 Å². The van der Waals surface area contributed by atoms with E-state index in [0.29, 0.717) is 0 Å². The quantitative estimate of drug-likeness (QED) is 0.422. The highest BCUT2D eigenvalue weighted by atomic mass is 35.5. The predicted molar refractivity (Wildman–Crippen MR) is 143 cm³/mol. The first-order chi connectivity index (χ1) is 17.0. The normalized spacial score (nSPS) is 12.0. The number of anilines is 1. The minimum Gasteiger partial charge on any atom is -0.357 e. The van der Waals surface area contributed by atoms with E-state index >= 15 is 0 Å². The summed E-state index contributed by atoms with van der Waals surface area (Å²) < 4.78 is 28.3. The Bertz CT molecular complexity index is 1330. The molecule has 3 aromatic rings. The van der Waals surface area contributed by atoms with Gasteiger partial charge in [0, 0.05) is 23.6 Å². The number of carbonyl (C=O) groups is 2. The van der Waals surface area contributed by atoms with Crippen molar-refractivity contribution < 1.29 is 18.0 Å². The maximum atomic E-state index is 13.7. The molecule has 10 heteroatoms. The Balaban J connectivity index is 2.07. The van der Waals surface area contributed by atoms with Gasteiger partial charge in [0.05, 0.1) is 10.6 Å². The summed E-state index contributed by atoms with van der Waals surface area (Å²) in [6, 6.07) is 18.7. The topological polar surface area (TPSA) is 86.8 Å². The third-order valence-electron chi connectivity index (χ3n) is 5.76. The van der Waals surface area contributed by atoms with Crippen LogP contribution < -0.4 is 9.62 Å². The maximum absolute atomic E-state index is 13.7. The van der Waals surface area contributed by atoms with Crippen molar-refractivity contribution >= 4 is 50.7 Å². The molecular weight excluding hydrogens is 521 g/mol. The van der Waals surface area contributed by atoms with Crippen molar-refractivity contribution in [2.24, 2.45) is 0 Å². The lowest BCUT2D eigenvalue weighted by atomic mass is 10.1. The summed E-state index contributed by atoms with van der Waals surface area (Å²) in [4.78, 5) is 27.6. The molecule has 0 heterocycles. The molecule has 3 rings (SSSR count). The van der Waals surface area contributed by atoms with Crippen LogP contribution in [-0.4, -0.2) is 44.8 Å². The van der Waals surface area contributed by atoms with Crippen molar-refractivity contribution in [1.29, 1.82) is 0 Å². The Morgan fingerprint density at radius 1 is 0.944 bits per heavy atom. The Morgan fingerprint density at radius 3 is 2.11 bits per heavy atom. The van der Waals surface area contributed by atoms with Crippen molar-refractivity contribution in [2.75, 3.05) is 17.9 Å². The Morgan fingerprint density at radius 2 is 1.53 bits per heavy atom. The minimum atomic E-state index is -4.18. The maximum Gasteiger partial charge on any atom is 0.264 e. The number of aryl methyl sites for hydroxylation is 1. The molecule has 190 valence electrons. The molecule has 0 fully saturated rings. The van der Waals surface area contributed by atoms with Gasteiger partial charge in [0.1, 0.15) is 12.6 Å². The Kier molecular flexibility index (Phi) is 9.00. The van der Waals surface area contributed by atoms with Gasteiger partial charge >= 0.3 is 0 Å². The summed E-state index contributed by atoms with van der Waals surface area (Å²) in [7, 11) is -2.70. The highest BCUT2D eigenvalue weighted by molar-refractivity contribution is 7.92. The molecule has 0 bridgehead atoms. The van der Waals surface area contributed by atoms with Gasteiger partial charge in [0.25, 0.3) is 10.0 Å². The second-order valence-electron chi connectivity index (χ2n) is 8.19. The third-order valence-corrected chi connectivity index (χ3v) is 7.99. The Labute approximate surface area is 221 Å². The van der Waals surface area contributed by atoms with E-state index in [4.69, 9.17) is 23.2 Å². The largest absolute Gasteiger partial charge is 0.357 e. The molecule has 0 unspecified atom stereocenters. The van der Waals surface area contributed by atoms with Crippen molar-refractivity contribution in [1.82, 2.24) is 10.2 Å². The van der Waals surface area contributed by atoms with Gasteiger partial charge in [-0.15, -0.1) is 0 Å². The number of hydrogen-bond donors (Lipinski definition) is 1. The zero-order valence-corrected chi connectivity index (χ0v) is 22.4. The van der Waals surface area contributed by atoms with Crippen LogP contribution in [0.15, 0.2) is 77.7 Å². The van der Waals surface area contributed by atoms with Crippen molar-refractivity contribution in [3.05, 3.63) is 94.0 Å². The predicted octanol–water partition coefficient (Wildman–Crippen LogP) is 4.66. The highest BCUT2D eigenvalue weighted by Gasteiger charge is 2.32. The van der Waals surface area contributed by atoms with Gasteiger partial charge in [-0.05, 0) is 55.3 Å². The number of halogens is 2. The fourth-order valence-electron chi connectivity index (χ4n) is 3.69. The molecule has 0 radical (unpaired) electrons. The number of rotatable bonds is 9.